The standard InChI is InChI=1S/C15H12BrN3O4/c16-12-5-3-4-11(8-12)9-17-18-15(20)10-23-14-7-2-1-6-13(14)19(21)22/h1-9H,10H2,(H,18,20)/b17-9-. The quantitative estimate of drug-likeness (QED) is 0.475. The molecule has 0 aromatic heterocycles. The van der Waals surface area contributed by atoms with Gasteiger partial charge in [0.25, 0.3) is 5.91 Å². The predicted molar refractivity (Wildman–Crippen MR) is 88.5 cm³/mol. The van der Waals surface area contributed by atoms with Crippen LogP contribution in [0.1, 0.15) is 5.56 Å². The lowest BCUT2D eigenvalue weighted by atomic mass is 10.2. The molecule has 0 spiro atoms. The van der Waals surface area contributed by atoms with E-state index in [-0.39, 0.29) is 18.0 Å². The number of benzene rings is 2. The summed E-state index contributed by atoms with van der Waals surface area (Å²) in [6.07, 6.45) is 1.48. The Morgan fingerprint density at radius 1 is 1.30 bits per heavy atom. The fourth-order valence-corrected chi connectivity index (χ4v) is 2.09. The highest BCUT2D eigenvalue weighted by Crippen LogP contribution is 2.25. The predicted octanol–water partition coefficient (Wildman–Crippen LogP) is 2.89. The number of carbonyl (C=O) groups is 1. The molecule has 2 rings (SSSR count). The minimum Gasteiger partial charge on any atom is -0.477 e. The Kier molecular flexibility index (Phi) is 5.81. The molecule has 0 saturated heterocycles. The summed E-state index contributed by atoms with van der Waals surface area (Å²) in [6.45, 7) is -0.374. The maximum Gasteiger partial charge on any atom is 0.310 e. The second-order valence-electron chi connectivity index (χ2n) is 4.36. The third-order valence-electron chi connectivity index (χ3n) is 2.67. The number of carbonyl (C=O) groups excluding carboxylic acids is 1. The van der Waals surface area contributed by atoms with E-state index in [9.17, 15) is 14.9 Å². The van der Waals surface area contributed by atoms with E-state index in [1.54, 1.807) is 6.07 Å². The molecular formula is C15H12BrN3O4. The van der Waals surface area contributed by atoms with Gasteiger partial charge in [0, 0.05) is 10.5 Å². The normalized spacial score (nSPS) is 10.5. The number of nitrogens with zero attached hydrogens (tertiary/aromatic N) is 2. The van der Waals surface area contributed by atoms with Crippen LogP contribution >= 0.6 is 15.9 Å². The van der Waals surface area contributed by atoms with E-state index in [0.29, 0.717) is 0 Å². The van der Waals surface area contributed by atoms with E-state index in [4.69, 9.17) is 4.74 Å². The molecule has 0 fully saturated rings. The van der Waals surface area contributed by atoms with Crippen molar-refractivity contribution >= 4 is 33.7 Å². The van der Waals surface area contributed by atoms with Crippen LogP contribution in [0.4, 0.5) is 5.69 Å². The molecule has 7 nitrogen and oxygen atoms in total. The summed E-state index contributed by atoms with van der Waals surface area (Å²) in [5.74, 6) is -0.488. The van der Waals surface area contributed by atoms with Gasteiger partial charge in [0.1, 0.15) is 0 Å². The number of ether oxygens (including phenoxy) is 1. The Labute approximate surface area is 140 Å². The van der Waals surface area contributed by atoms with E-state index < -0.39 is 10.8 Å². The summed E-state index contributed by atoms with van der Waals surface area (Å²) >= 11 is 3.33. The fourth-order valence-electron chi connectivity index (χ4n) is 1.67. The molecule has 0 heterocycles. The summed E-state index contributed by atoms with van der Waals surface area (Å²) in [5.41, 5.74) is 2.90. The van der Waals surface area contributed by atoms with Gasteiger partial charge in [-0.25, -0.2) is 5.43 Å². The Morgan fingerprint density at radius 2 is 2.09 bits per heavy atom. The number of para-hydroxylation sites is 2. The molecule has 2 aromatic rings. The van der Waals surface area contributed by atoms with Gasteiger partial charge in [0.05, 0.1) is 11.1 Å². The average molecular weight is 378 g/mol. The van der Waals surface area contributed by atoms with E-state index >= 15 is 0 Å². The second-order valence-corrected chi connectivity index (χ2v) is 5.28. The van der Waals surface area contributed by atoms with Gasteiger partial charge in [0.2, 0.25) is 0 Å². The molecule has 0 radical (unpaired) electrons. The van der Waals surface area contributed by atoms with E-state index in [2.05, 4.69) is 26.5 Å². The molecule has 23 heavy (non-hydrogen) atoms. The number of hydrazone groups is 1. The number of nitrogens with one attached hydrogen (secondary N) is 1. The van der Waals surface area contributed by atoms with Crippen molar-refractivity contribution in [1.29, 1.82) is 0 Å². The van der Waals surface area contributed by atoms with Crippen LogP contribution in [0.3, 0.4) is 0 Å². The minimum atomic E-state index is -0.571. The molecule has 1 N–H and O–H groups in total. The van der Waals surface area contributed by atoms with Crippen LogP contribution in [-0.2, 0) is 4.79 Å². The molecule has 118 valence electrons. The van der Waals surface area contributed by atoms with Crippen molar-refractivity contribution < 1.29 is 14.5 Å². The van der Waals surface area contributed by atoms with Crippen molar-refractivity contribution in [2.24, 2.45) is 5.10 Å². The van der Waals surface area contributed by atoms with Gasteiger partial charge in [-0.05, 0) is 23.8 Å². The average Bonchev–Trinajstić information content (AvgIpc) is 2.53. The van der Waals surface area contributed by atoms with Gasteiger partial charge in [-0.3, -0.25) is 14.9 Å². The van der Waals surface area contributed by atoms with Crippen molar-refractivity contribution in [3.8, 4) is 5.75 Å². The Hall–Kier alpha value is -2.74. The number of hydrogen-bond acceptors (Lipinski definition) is 5. The van der Waals surface area contributed by atoms with Crippen molar-refractivity contribution in [2.45, 2.75) is 0 Å². The lowest BCUT2D eigenvalue weighted by molar-refractivity contribution is -0.385. The Balaban J connectivity index is 1.87. The molecule has 0 atom stereocenters. The lowest BCUT2D eigenvalue weighted by Gasteiger charge is -2.05. The van der Waals surface area contributed by atoms with Crippen LogP contribution in [0, 0.1) is 10.1 Å². The molecule has 2 aromatic carbocycles. The molecule has 0 aliphatic rings. The largest absolute Gasteiger partial charge is 0.477 e. The highest BCUT2D eigenvalue weighted by molar-refractivity contribution is 9.10. The van der Waals surface area contributed by atoms with Gasteiger partial charge in [-0.1, -0.05) is 40.2 Å². The first-order valence-corrected chi connectivity index (χ1v) is 7.29. The van der Waals surface area contributed by atoms with Crippen LogP contribution < -0.4 is 10.2 Å². The third-order valence-corrected chi connectivity index (χ3v) is 3.17. The molecule has 0 aliphatic heterocycles. The number of nitro benzene ring substituents is 1. The van der Waals surface area contributed by atoms with Crippen LogP contribution in [-0.4, -0.2) is 23.7 Å². The van der Waals surface area contributed by atoms with Crippen molar-refractivity contribution in [1.82, 2.24) is 5.43 Å². The molecule has 0 bridgehead atoms. The van der Waals surface area contributed by atoms with E-state index in [1.165, 1.54) is 24.4 Å². The van der Waals surface area contributed by atoms with Crippen molar-refractivity contribution in [3.63, 3.8) is 0 Å². The van der Waals surface area contributed by atoms with Crippen LogP contribution in [0.15, 0.2) is 58.1 Å². The number of halogens is 1. The van der Waals surface area contributed by atoms with E-state index in [0.717, 1.165) is 10.0 Å². The third kappa shape index (κ3) is 5.19. The summed E-state index contributed by atoms with van der Waals surface area (Å²) in [7, 11) is 0. The Bertz CT molecular complexity index is 749. The fraction of sp³-hybridized carbons (Fsp3) is 0.0667. The lowest BCUT2D eigenvalue weighted by Crippen LogP contribution is -2.24. The summed E-state index contributed by atoms with van der Waals surface area (Å²) < 4.78 is 6.04. The van der Waals surface area contributed by atoms with Crippen LogP contribution in [0.2, 0.25) is 0 Å². The molecule has 0 unspecified atom stereocenters. The van der Waals surface area contributed by atoms with Crippen molar-refractivity contribution in [3.05, 3.63) is 68.7 Å². The molecular weight excluding hydrogens is 366 g/mol. The number of amides is 1. The first-order chi connectivity index (χ1) is 11.1. The van der Waals surface area contributed by atoms with Crippen LogP contribution in [0.25, 0.3) is 0 Å². The highest BCUT2D eigenvalue weighted by atomic mass is 79.9. The first kappa shape index (κ1) is 16.6. The van der Waals surface area contributed by atoms with Gasteiger partial charge in [0.15, 0.2) is 12.4 Å². The van der Waals surface area contributed by atoms with Gasteiger partial charge in [-0.2, -0.15) is 5.10 Å². The summed E-state index contributed by atoms with van der Waals surface area (Å²) in [5, 5.41) is 14.6. The van der Waals surface area contributed by atoms with Crippen LogP contribution in [0.5, 0.6) is 5.75 Å². The number of hydrogen-bond donors (Lipinski definition) is 1. The van der Waals surface area contributed by atoms with E-state index in [1.807, 2.05) is 24.3 Å². The maximum atomic E-state index is 11.6. The molecule has 8 heteroatoms. The smallest absolute Gasteiger partial charge is 0.310 e. The summed E-state index contributed by atoms with van der Waals surface area (Å²) in [4.78, 5) is 21.9. The molecule has 1 amide bonds. The zero-order valence-electron chi connectivity index (χ0n) is 11.8. The minimum absolute atomic E-state index is 0.0311. The number of rotatable bonds is 6. The SMILES string of the molecule is O=C(COc1ccccc1[N+](=O)[O-])N/N=C\c1cccc(Br)c1. The summed E-state index contributed by atoms with van der Waals surface area (Å²) in [6, 6.07) is 13.2. The second kappa shape index (κ2) is 8.04. The van der Waals surface area contributed by atoms with Gasteiger partial charge >= 0.3 is 5.69 Å². The number of nitro groups is 1. The highest BCUT2D eigenvalue weighted by Gasteiger charge is 2.14. The Morgan fingerprint density at radius 3 is 2.83 bits per heavy atom. The maximum absolute atomic E-state index is 11.6. The van der Waals surface area contributed by atoms with Gasteiger partial charge in [-0.15, -0.1) is 0 Å². The zero-order chi connectivity index (χ0) is 16.7. The first-order valence-electron chi connectivity index (χ1n) is 6.50. The van der Waals surface area contributed by atoms with Gasteiger partial charge < -0.3 is 4.74 Å². The monoisotopic (exact) mass is 377 g/mol. The molecule has 0 aliphatic carbocycles. The van der Waals surface area contributed by atoms with Crippen molar-refractivity contribution in [2.75, 3.05) is 6.61 Å². The molecule has 0 saturated carbocycles. The zero-order valence-corrected chi connectivity index (χ0v) is 13.4. The topological polar surface area (TPSA) is 93.8 Å².